The second-order valence-corrected chi connectivity index (χ2v) is 14.9. The Hall–Kier alpha value is -3.40. The molecule has 3 saturated carbocycles. The van der Waals surface area contributed by atoms with Crippen molar-refractivity contribution in [3.8, 4) is 0 Å². The minimum Gasteiger partial charge on any atom is -0.462 e. The number of halogens is 1. The molecule has 0 aromatic rings. The second-order valence-electron chi connectivity index (χ2n) is 14.9. The highest BCUT2D eigenvalue weighted by Gasteiger charge is 2.77. The highest BCUT2D eigenvalue weighted by atomic mass is 19.1. The molecule has 3 fully saturated rings. The Balaban J connectivity index is 1.53. The van der Waals surface area contributed by atoms with Crippen LogP contribution in [0.1, 0.15) is 65.7 Å². The van der Waals surface area contributed by atoms with Gasteiger partial charge in [0.15, 0.2) is 23.7 Å². The molecule has 0 aromatic heterocycles. The van der Waals surface area contributed by atoms with Crippen LogP contribution in [0.4, 0.5) is 4.39 Å². The van der Waals surface area contributed by atoms with Crippen LogP contribution in [-0.2, 0) is 52.7 Å². The predicted octanol–water partition coefficient (Wildman–Crippen LogP) is 0.443. The summed E-state index contributed by atoms with van der Waals surface area (Å²) in [5.74, 6) is -6.85. The summed E-state index contributed by atoms with van der Waals surface area (Å²) in [6.45, 7) is 1.95. The van der Waals surface area contributed by atoms with Gasteiger partial charge in [0.2, 0.25) is 5.78 Å². The lowest BCUT2D eigenvalue weighted by molar-refractivity contribution is -0.527. The Morgan fingerprint density at radius 2 is 1.66 bits per heavy atom. The first-order chi connectivity index (χ1) is 26.1. The third-order valence-electron chi connectivity index (χ3n) is 11.7. The van der Waals surface area contributed by atoms with Gasteiger partial charge in [-0.05, 0) is 57.1 Å². The van der Waals surface area contributed by atoms with Crippen LogP contribution in [0.3, 0.4) is 0 Å². The molecular weight excluding hydrogens is 759 g/mol. The third kappa shape index (κ3) is 9.00. The van der Waals surface area contributed by atoms with Crippen LogP contribution in [0, 0.1) is 28.6 Å². The second kappa shape index (κ2) is 18.0. The zero-order valence-electron chi connectivity index (χ0n) is 30.9. The van der Waals surface area contributed by atoms with Crippen molar-refractivity contribution in [2.45, 2.75) is 95.2 Å². The smallest absolute Gasteiger partial charge is 0.323 e. The number of fused-ring (bicyclic) bond motifs is 5. The predicted molar refractivity (Wildman–Crippen MR) is 173 cm³/mol. The van der Waals surface area contributed by atoms with Gasteiger partial charge in [-0.25, -0.2) is 14.1 Å². The van der Waals surface area contributed by atoms with E-state index in [2.05, 4.69) is 14.5 Å². The monoisotopic (exact) mass is 808 g/mol. The van der Waals surface area contributed by atoms with E-state index in [1.54, 1.807) is 20.8 Å². The molecule has 4 aliphatic carbocycles. The number of Topliss-reactive ketones (excluding diaryl/α,β-unsaturated/α-hetero) is 1. The zero-order valence-corrected chi connectivity index (χ0v) is 30.9. The lowest BCUT2D eigenvalue weighted by atomic mass is 9.44. The fraction of sp³-hybridized carbons (Fsp3) is 0.727. The molecule has 56 heavy (non-hydrogen) atoms. The van der Waals surface area contributed by atoms with Crippen molar-refractivity contribution in [1.29, 1.82) is 0 Å². The fourth-order valence-electron chi connectivity index (χ4n) is 9.24. The number of aliphatic hydroxyl groups excluding tert-OH is 1. The van der Waals surface area contributed by atoms with Crippen molar-refractivity contribution in [2.75, 3.05) is 26.4 Å². The molecule has 10 atom stereocenters. The molecule has 0 spiro atoms. The first kappa shape index (κ1) is 45.3. The molecular formula is C33H49FN4O18. The number of carbonyl (C=O) groups is 5. The molecule has 0 radical (unpaired) electrons. The Morgan fingerprint density at radius 3 is 2.30 bits per heavy atom. The Labute approximate surface area is 318 Å². The van der Waals surface area contributed by atoms with Crippen LogP contribution in [0.5, 0.6) is 0 Å². The van der Waals surface area contributed by atoms with Gasteiger partial charge in [-0.15, -0.1) is 0 Å². The van der Waals surface area contributed by atoms with E-state index in [9.17, 15) is 29.1 Å². The molecule has 4 unspecified atom stereocenters. The van der Waals surface area contributed by atoms with Crippen molar-refractivity contribution >= 4 is 29.5 Å². The van der Waals surface area contributed by atoms with Crippen LogP contribution in [0.25, 0.3) is 0 Å². The van der Waals surface area contributed by atoms with E-state index in [0.717, 1.165) is 0 Å². The van der Waals surface area contributed by atoms with E-state index in [-0.39, 0.29) is 44.5 Å². The number of nitrogens with two attached hydrogens (primary N) is 1. The van der Waals surface area contributed by atoms with E-state index in [0.29, 0.717) is 12.0 Å². The highest BCUT2D eigenvalue weighted by molar-refractivity contribution is 6.01. The number of ether oxygens (including phenoxy) is 3. The van der Waals surface area contributed by atoms with Crippen molar-refractivity contribution < 1.29 is 93.4 Å². The van der Waals surface area contributed by atoms with Gasteiger partial charge in [-0.1, -0.05) is 25.5 Å². The van der Waals surface area contributed by atoms with E-state index in [1.165, 1.54) is 18.2 Å². The maximum absolute atomic E-state index is 17.8. The molecule has 4 aliphatic rings. The van der Waals surface area contributed by atoms with E-state index >= 15 is 4.39 Å². The first-order valence-electron chi connectivity index (χ1n) is 17.7. The van der Waals surface area contributed by atoms with Crippen molar-refractivity contribution in [1.82, 2.24) is 16.2 Å². The summed E-state index contributed by atoms with van der Waals surface area (Å²) in [6.07, 6.45) is -0.0874. The maximum atomic E-state index is 17.8. The molecule has 0 saturated heterocycles. The zero-order chi connectivity index (χ0) is 41.8. The van der Waals surface area contributed by atoms with Gasteiger partial charge in [0.05, 0.1) is 35.3 Å². The lowest BCUT2D eigenvalue weighted by Crippen LogP contribution is -2.70. The molecule has 0 heterocycles. The summed E-state index contributed by atoms with van der Waals surface area (Å²) in [4.78, 5) is 78.6. The van der Waals surface area contributed by atoms with Crippen LogP contribution < -0.4 is 5.73 Å². The number of ketones is 2. The molecule has 316 valence electrons. The molecule has 0 bridgehead atoms. The van der Waals surface area contributed by atoms with Crippen LogP contribution in [0.15, 0.2) is 23.8 Å². The van der Waals surface area contributed by atoms with E-state index in [4.69, 9.17) is 51.2 Å². The Bertz CT molecular complexity index is 1550. The van der Waals surface area contributed by atoms with Gasteiger partial charge in [0.25, 0.3) is 0 Å². The molecule has 0 aromatic carbocycles. The van der Waals surface area contributed by atoms with Crippen LogP contribution >= 0.6 is 0 Å². The average molecular weight is 809 g/mol. The summed E-state index contributed by atoms with van der Waals surface area (Å²) < 4.78 is 33.9. The van der Waals surface area contributed by atoms with Crippen LogP contribution in [0.2, 0.25) is 0 Å². The third-order valence-corrected chi connectivity index (χ3v) is 11.7. The van der Waals surface area contributed by atoms with Gasteiger partial charge in [0.1, 0.15) is 25.4 Å². The fourth-order valence-corrected chi connectivity index (χ4v) is 9.24. The van der Waals surface area contributed by atoms with Gasteiger partial charge in [-0.3, -0.25) is 60.1 Å². The first-order valence-corrected chi connectivity index (χ1v) is 17.7. The molecule has 22 nitrogen and oxygen atoms in total. The molecule has 23 heteroatoms. The number of hydrogen-bond acceptors (Lipinski definition) is 22. The molecule has 9 N–H and O–H groups in total. The van der Waals surface area contributed by atoms with Gasteiger partial charge in [0, 0.05) is 29.1 Å². The topological polar surface area (TPSA) is 318 Å². The number of allylic oxidation sites excluding steroid dienone is 4. The lowest BCUT2D eigenvalue weighted by Gasteiger charge is -2.62. The number of rotatable bonds is 19. The maximum Gasteiger partial charge on any atom is 0.323 e. The Kier molecular flexibility index (Phi) is 14.6. The van der Waals surface area contributed by atoms with Gasteiger partial charge < -0.3 is 25.1 Å². The van der Waals surface area contributed by atoms with Crippen molar-refractivity contribution in [2.24, 2.45) is 34.3 Å². The van der Waals surface area contributed by atoms with Crippen molar-refractivity contribution in [3.63, 3.8) is 0 Å². The normalized spacial score (nSPS) is 33.3. The molecule has 4 rings (SSSR count). The van der Waals surface area contributed by atoms with E-state index < -0.39 is 124 Å². The summed E-state index contributed by atoms with van der Waals surface area (Å²) in [7, 11) is 0. The average Bonchev–Trinajstić information content (AvgIpc) is 3.32. The molecule has 0 amide bonds. The van der Waals surface area contributed by atoms with Gasteiger partial charge in [-0.2, -0.15) is 0 Å². The quantitative estimate of drug-likeness (QED) is 0.0380. The van der Waals surface area contributed by atoms with Crippen molar-refractivity contribution in [3.05, 3.63) is 23.8 Å². The van der Waals surface area contributed by atoms with Gasteiger partial charge >= 0.3 is 17.9 Å². The summed E-state index contributed by atoms with van der Waals surface area (Å²) in [6, 6.07) is -1.69. The number of carbonyl (C=O) groups excluding carboxylic acids is 5. The number of aliphatic hydroxyl groups is 1. The minimum atomic E-state index is -2.27. The SMILES string of the molecule is C[C@@H]1CC2C3CCC4=CC(=O)C=C[C@]4(C)[C@@]3(F)[C@@H](O)C[C@]2(C)[C@@]1(OC(=O)CCCON(O)O)C(=O)COC(=O)CC(N)C(=O)OCC(CON(O)O)ON(O)O. The number of hydrogen-bond donors (Lipinski definition) is 8. The number of nitrogens with zero attached hydrogens (tertiary/aromatic N) is 3. The number of esters is 3. The van der Waals surface area contributed by atoms with E-state index in [1.807, 2.05) is 0 Å². The summed E-state index contributed by atoms with van der Waals surface area (Å²) >= 11 is 0. The Morgan fingerprint density at radius 1 is 0.982 bits per heavy atom. The largest absolute Gasteiger partial charge is 0.462 e. The number of alkyl halides is 1. The molecule has 0 aliphatic heterocycles. The summed E-state index contributed by atoms with van der Waals surface area (Å²) in [5, 5.41) is 62.5. The highest BCUT2D eigenvalue weighted by Crippen LogP contribution is 2.71. The minimum absolute atomic E-state index is 0.0882. The standard InChI is InChI=1S/C33H49FN4O18/c1-18-11-23-22-7-6-19-12-20(39)8-9-30(19,2)32(22,34)25(40)14-31(23,3)33(18,55-27(42)5-4-10-53-36(45)46)26(41)17-51-28(43)13-24(35)29(44)52-15-21(56-38(49)50)16-54-37(47)48/h8-9,12,18,21-25,40,45-50H,4-7,10-11,13-17,35H2,1-3H3/t18-,21?,22?,23?,24?,25+,30+,31+,32+,33+/m1/s1. The van der Waals surface area contributed by atoms with Crippen LogP contribution in [-0.4, -0.2) is 138 Å². The summed E-state index contributed by atoms with van der Waals surface area (Å²) in [5.41, 5.74) is -0.818.